The van der Waals surface area contributed by atoms with Gasteiger partial charge in [0.1, 0.15) is 11.4 Å². The van der Waals surface area contributed by atoms with E-state index >= 15 is 0 Å². The normalized spacial score (nSPS) is 22.8. The van der Waals surface area contributed by atoms with E-state index in [1.807, 2.05) is 19.9 Å². The fourth-order valence-corrected chi connectivity index (χ4v) is 2.73. The molecule has 2 aliphatic rings. The van der Waals surface area contributed by atoms with Crippen LogP contribution in [0.3, 0.4) is 0 Å². The number of rotatable bonds is 3. The monoisotopic (exact) mass is 336 g/mol. The maximum atomic E-state index is 12.7. The Labute approximate surface area is 136 Å². The summed E-state index contributed by atoms with van der Waals surface area (Å²) < 4.78 is 40.4. The van der Waals surface area contributed by atoms with Gasteiger partial charge >= 0.3 is 6.36 Å². The summed E-state index contributed by atoms with van der Waals surface area (Å²) in [6.07, 6.45) is 0.789. The van der Waals surface area contributed by atoms with Crippen LogP contribution in [0.2, 0.25) is 0 Å². The van der Waals surface area contributed by atoms with Crippen molar-refractivity contribution in [3.05, 3.63) is 53.3 Å². The summed E-state index contributed by atoms with van der Waals surface area (Å²) in [5.41, 5.74) is 1.64. The summed E-state index contributed by atoms with van der Waals surface area (Å²) >= 11 is 0. The van der Waals surface area contributed by atoms with Gasteiger partial charge in [-0.1, -0.05) is 18.6 Å². The SMILES string of the molecule is CC1=CC2C(C)C=NN2C(C(=O)c2ccc(OC(F)(F)F)cc2)=C1. The third-order valence-electron chi connectivity index (χ3n) is 3.87. The van der Waals surface area contributed by atoms with Gasteiger partial charge in [0.05, 0.1) is 6.04 Å². The molecule has 2 aliphatic heterocycles. The molecule has 2 unspecified atom stereocenters. The Bertz CT molecular complexity index is 748. The number of fused-ring (bicyclic) bond motifs is 1. The summed E-state index contributed by atoms with van der Waals surface area (Å²) in [4.78, 5) is 12.7. The van der Waals surface area contributed by atoms with E-state index in [1.165, 1.54) is 12.1 Å². The minimum absolute atomic E-state index is 0.0122. The predicted molar refractivity (Wildman–Crippen MR) is 82.6 cm³/mol. The van der Waals surface area contributed by atoms with E-state index < -0.39 is 6.36 Å². The van der Waals surface area contributed by atoms with E-state index in [4.69, 9.17) is 0 Å². The van der Waals surface area contributed by atoms with E-state index in [0.717, 1.165) is 17.7 Å². The zero-order valence-corrected chi connectivity index (χ0v) is 13.0. The van der Waals surface area contributed by atoms with Crippen LogP contribution in [0.25, 0.3) is 0 Å². The van der Waals surface area contributed by atoms with E-state index in [0.29, 0.717) is 5.70 Å². The molecule has 1 aromatic carbocycles. The van der Waals surface area contributed by atoms with Crippen molar-refractivity contribution in [2.75, 3.05) is 0 Å². The van der Waals surface area contributed by atoms with Gasteiger partial charge in [0.25, 0.3) is 0 Å². The van der Waals surface area contributed by atoms with Crippen LogP contribution in [0.4, 0.5) is 13.2 Å². The second kappa shape index (κ2) is 5.81. The first-order chi connectivity index (χ1) is 11.2. The maximum absolute atomic E-state index is 12.7. The van der Waals surface area contributed by atoms with Crippen molar-refractivity contribution in [1.82, 2.24) is 5.01 Å². The van der Waals surface area contributed by atoms with Crippen LogP contribution in [0.5, 0.6) is 5.75 Å². The molecule has 0 saturated carbocycles. The number of hydrazone groups is 1. The van der Waals surface area contributed by atoms with Crippen LogP contribution >= 0.6 is 0 Å². The first-order valence-corrected chi connectivity index (χ1v) is 7.38. The number of nitrogens with zero attached hydrogens (tertiary/aromatic N) is 2. The zero-order chi connectivity index (χ0) is 17.5. The van der Waals surface area contributed by atoms with Gasteiger partial charge in [0.2, 0.25) is 5.78 Å². The topological polar surface area (TPSA) is 41.9 Å². The molecule has 0 saturated heterocycles. The standard InChI is InChI=1S/C17H15F3N2O2/c1-10-7-14-11(2)9-21-22(14)15(8-10)16(23)12-3-5-13(6-4-12)24-17(18,19)20/h3-9,11,14H,1-2H3. The maximum Gasteiger partial charge on any atom is 0.573 e. The van der Waals surface area contributed by atoms with Crippen LogP contribution in [0, 0.1) is 5.92 Å². The van der Waals surface area contributed by atoms with Crippen molar-refractivity contribution in [3.8, 4) is 5.75 Å². The highest BCUT2D eigenvalue weighted by Gasteiger charge is 2.34. The van der Waals surface area contributed by atoms with Crippen molar-refractivity contribution in [3.63, 3.8) is 0 Å². The van der Waals surface area contributed by atoms with Gasteiger partial charge in [0.15, 0.2) is 0 Å². The molecule has 0 bridgehead atoms. The highest BCUT2D eigenvalue weighted by atomic mass is 19.4. The van der Waals surface area contributed by atoms with Crippen LogP contribution < -0.4 is 4.74 Å². The molecule has 0 amide bonds. The molecule has 0 fully saturated rings. The lowest BCUT2D eigenvalue weighted by Crippen LogP contribution is -2.34. The number of hydrogen-bond acceptors (Lipinski definition) is 4. The third kappa shape index (κ3) is 3.20. The minimum Gasteiger partial charge on any atom is -0.406 e. The van der Waals surface area contributed by atoms with E-state index in [-0.39, 0.29) is 29.1 Å². The van der Waals surface area contributed by atoms with Gasteiger partial charge in [-0.25, -0.2) is 0 Å². The summed E-state index contributed by atoms with van der Waals surface area (Å²) in [6, 6.07) is 4.87. The fraction of sp³-hybridized carbons (Fsp3) is 0.294. The Morgan fingerprint density at radius 3 is 2.54 bits per heavy atom. The summed E-state index contributed by atoms with van der Waals surface area (Å²) in [5, 5.41) is 5.92. The number of hydrogen-bond donors (Lipinski definition) is 0. The summed E-state index contributed by atoms with van der Waals surface area (Å²) in [7, 11) is 0. The first-order valence-electron chi connectivity index (χ1n) is 7.38. The average molecular weight is 336 g/mol. The van der Waals surface area contributed by atoms with Gasteiger partial charge in [-0.2, -0.15) is 5.10 Å². The number of carbonyl (C=O) groups excluding carboxylic acids is 1. The van der Waals surface area contributed by atoms with E-state index in [2.05, 4.69) is 9.84 Å². The highest BCUT2D eigenvalue weighted by molar-refractivity contribution is 6.09. The minimum atomic E-state index is -4.76. The van der Waals surface area contributed by atoms with Crippen LogP contribution in [0.15, 0.2) is 52.8 Å². The lowest BCUT2D eigenvalue weighted by molar-refractivity contribution is -0.274. The molecule has 24 heavy (non-hydrogen) atoms. The molecule has 4 nitrogen and oxygen atoms in total. The van der Waals surface area contributed by atoms with Crippen molar-refractivity contribution < 1.29 is 22.7 Å². The molecule has 7 heteroatoms. The van der Waals surface area contributed by atoms with Crippen LogP contribution in [0.1, 0.15) is 24.2 Å². The van der Waals surface area contributed by atoms with E-state index in [9.17, 15) is 18.0 Å². The Kier molecular flexibility index (Phi) is 3.95. The first kappa shape index (κ1) is 16.3. The van der Waals surface area contributed by atoms with Crippen molar-refractivity contribution in [1.29, 1.82) is 0 Å². The Morgan fingerprint density at radius 2 is 1.92 bits per heavy atom. The molecule has 2 heterocycles. The lowest BCUT2D eigenvalue weighted by Gasteiger charge is -2.29. The molecule has 0 radical (unpaired) electrons. The van der Waals surface area contributed by atoms with Crippen molar-refractivity contribution in [2.45, 2.75) is 26.3 Å². The second-order valence-corrected chi connectivity index (χ2v) is 5.80. The number of carbonyl (C=O) groups is 1. The Morgan fingerprint density at radius 1 is 1.25 bits per heavy atom. The molecule has 2 atom stereocenters. The average Bonchev–Trinajstić information content (AvgIpc) is 2.86. The number of benzene rings is 1. The van der Waals surface area contributed by atoms with Crippen molar-refractivity contribution >= 4 is 12.0 Å². The number of ketones is 1. The molecule has 0 aliphatic carbocycles. The van der Waals surface area contributed by atoms with Gasteiger partial charge < -0.3 is 4.74 Å². The molecule has 0 aromatic heterocycles. The van der Waals surface area contributed by atoms with Gasteiger partial charge in [0, 0.05) is 17.7 Å². The number of Topliss-reactive ketones (excluding diaryl/α,β-unsaturated/α-hetero) is 1. The van der Waals surface area contributed by atoms with Crippen LogP contribution in [-0.2, 0) is 0 Å². The second-order valence-electron chi connectivity index (χ2n) is 5.80. The lowest BCUT2D eigenvalue weighted by atomic mass is 9.95. The Hall–Kier alpha value is -2.57. The Balaban J connectivity index is 1.84. The number of halogens is 3. The number of allylic oxidation sites excluding steroid dienone is 3. The quantitative estimate of drug-likeness (QED) is 0.786. The summed E-state index contributed by atoms with van der Waals surface area (Å²) in [5.74, 6) is -0.477. The fourth-order valence-electron chi connectivity index (χ4n) is 2.73. The highest BCUT2D eigenvalue weighted by Crippen LogP contribution is 2.31. The van der Waals surface area contributed by atoms with Gasteiger partial charge in [-0.15, -0.1) is 13.2 Å². The van der Waals surface area contributed by atoms with Crippen molar-refractivity contribution in [2.24, 2.45) is 11.0 Å². The number of ether oxygens (including phenoxy) is 1. The molecule has 126 valence electrons. The number of alkyl halides is 3. The molecular weight excluding hydrogens is 321 g/mol. The largest absolute Gasteiger partial charge is 0.573 e. The summed E-state index contributed by atoms with van der Waals surface area (Å²) in [6.45, 7) is 3.91. The van der Waals surface area contributed by atoms with E-state index in [1.54, 1.807) is 17.3 Å². The smallest absolute Gasteiger partial charge is 0.406 e. The molecule has 3 rings (SSSR count). The third-order valence-corrected chi connectivity index (χ3v) is 3.87. The van der Waals surface area contributed by atoms with Crippen LogP contribution in [-0.4, -0.2) is 29.4 Å². The van der Waals surface area contributed by atoms with Gasteiger partial charge in [-0.3, -0.25) is 9.80 Å². The molecule has 0 spiro atoms. The molecule has 0 N–H and O–H groups in total. The predicted octanol–water partition coefficient (Wildman–Crippen LogP) is 3.92. The van der Waals surface area contributed by atoms with Gasteiger partial charge in [-0.05, 0) is 37.3 Å². The molecule has 1 aromatic rings. The molecular formula is C17H15F3N2O2. The zero-order valence-electron chi connectivity index (χ0n) is 13.0.